The maximum Gasteiger partial charge on any atom is 0.246 e. The molecule has 1 amide bonds. The van der Waals surface area contributed by atoms with Gasteiger partial charge in [0.25, 0.3) is 0 Å². The largest absolute Gasteiger partial charge is 0.347 e. The molecule has 7 heteroatoms. The summed E-state index contributed by atoms with van der Waals surface area (Å²) in [4.78, 5) is 20.6. The predicted octanol–water partition coefficient (Wildman–Crippen LogP) is -0.0959. The van der Waals surface area contributed by atoms with Crippen molar-refractivity contribution in [3.05, 3.63) is 24.2 Å². The van der Waals surface area contributed by atoms with Crippen molar-refractivity contribution in [1.82, 2.24) is 24.8 Å². The lowest BCUT2D eigenvalue weighted by atomic mass is 10.1. The molecule has 0 radical (unpaired) electrons. The summed E-state index contributed by atoms with van der Waals surface area (Å²) in [6.07, 6.45) is 3.56. The van der Waals surface area contributed by atoms with Gasteiger partial charge in [0.15, 0.2) is 5.82 Å². The van der Waals surface area contributed by atoms with Crippen LogP contribution in [0.25, 0.3) is 5.52 Å². The van der Waals surface area contributed by atoms with Crippen molar-refractivity contribution in [1.29, 1.82) is 0 Å². The van der Waals surface area contributed by atoms with E-state index in [4.69, 9.17) is 0 Å². The first-order valence-corrected chi connectivity index (χ1v) is 7.07. The van der Waals surface area contributed by atoms with Crippen molar-refractivity contribution in [2.45, 2.75) is 13.0 Å². The smallest absolute Gasteiger partial charge is 0.246 e. The molecule has 0 spiro atoms. The summed E-state index contributed by atoms with van der Waals surface area (Å²) in [5, 5.41) is 7.70. The number of aromatic nitrogens is 3. The summed E-state index contributed by atoms with van der Waals surface area (Å²) < 4.78 is 1.82. The normalized spacial score (nSPS) is 19.0. The van der Waals surface area contributed by atoms with Crippen LogP contribution in [0, 0.1) is 6.92 Å². The second-order valence-corrected chi connectivity index (χ2v) is 5.51. The third kappa shape index (κ3) is 2.44. The summed E-state index contributed by atoms with van der Waals surface area (Å²) in [5.41, 5.74) is 1.88. The van der Waals surface area contributed by atoms with Crippen LogP contribution in [0.4, 0.5) is 5.82 Å². The zero-order valence-corrected chi connectivity index (χ0v) is 12.6. The van der Waals surface area contributed by atoms with Crippen molar-refractivity contribution in [3.8, 4) is 0 Å². The van der Waals surface area contributed by atoms with E-state index in [1.54, 1.807) is 25.2 Å². The minimum absolute atomic E-state index is 0.0854. The Labute approximate surface area is 123 Å². The summed E-state index contributed by atoms with van der Waals surface area (Å²) in [5.74, 6) is 0.905. The average Bonchev–Trinajstić information content (AvgIpc) is 2.86. The van der Waals surface area contributed by atoms with Gasteiger partial charge in [-0.3, -0.25) is 4.79 Å². The molecule has 21 heavy (non-hydrogen) atoms. The summed E-state index contributed by atoms with van der Waals surface area (Å²) in [6, 6.07) is 1.77. The molecule has 0 saturated carbocycles. The molecule has 0 aromatic carbocycles. The molecule has 1 unspecified atom stereocenters. The van der Waals surface area contributed by atoms with E-state index in [9.17, 15) is 4.79 Å². The number of anilines is 1. The number of hydrogen-bond acceptors (Lipinski definition) is 5. The number of carbonyl (C=O) groups excluding carboxylic acids is 1. The highest BCUT2D eigenvalue weighted by molar-refractivity contribution is 5.87. The van der Waals surface area contributed by atoms with Crippen LogP contribution < -0.4 is 10.2 Å². The summed E-state index contributed by atoms with van der Waals surface area (Å²) >= 11 is 0. The fraction of sp³-hybridized carbons (Fsp3) is 0.500. The summed E-state index contributed by atoms with van der Waals surface area (Å²) in [7, 11) is 3.57. The van der Waals surface area contributed by atoms with Crippen LogP contribution in [0.3, 0.4) is 0 Å². The molecule has 2 aromatic rings. The molecule has 1 aliphatic rings. The van der Waals surface area contributed by atoms with Gasteiger partial charge in [0.2, 0.25) is 5.91 Å². The molecule has 3 rings (SSSR count). The van der Waals surface area contributed by atoms with E-state index in [0.717, 1.165) is 30.1 Å². The zero-order valence-electron chi connectivity index (χ0n) is 12.6. The van der Waals surface area contributed by atoms with E-state index in [0.29, 0.717) is 6.54 Å². The lowest BCUT2D eigenvalue weighted by molar-refractivity contribution is -0.130. The molecule has 1 aliphatic heterocycles. The number of carbonyl (C=O) groups is 1. The highest BCUT2D eigenvalue weighted by atomic mass is 16.2. The second kappa shape index (κ2) is 5.33. The van der Waals surface area contributed by atoms with Crippen molar-refractivity contribution in [2.75, 3.05) is 38.6 Å². The minimum Gasteiger partial charge on any atom is -0.347 e. The Kier molecular flexibility index (Phi) is 3.50. The molecule has 7 nitrogen and oxygen atoms in total. The van der Waals surface area contributed by atoms with Crippen LogP contribution in [0.15, 0.2) is 18.5 Å². The molecule has 2 aromatic heterocycles. The lowest BCUT2D eigenvalue weighted by Crippen LogP contribution is -2.58. The van der Waals surface area contributed by atoms with Crippen LogP contribution in [0.1, 0.15) is 5.69 Å². The van der Waals surface area contributed by atoms with Gasteiger partial charge in [-0.15, -0.1) is 0 Å². The highest BCUT2D eigenvalue weighted by Gasteiger charge is 2.31. The van der Waals surface area contributed by atoms with E-state index >= 15 is 0 Å². The molecule has 1 saturated heterocycles. The zero-order chi connectivity index (χ0) is 15.0. The Bertz CT molecular complexity index is 665. The monoisotopic (exact) mass is 288 g/mol. The van der Waals surface area contributed by atoms with Crippen molar-refractivity contribution >= 4 is 17.2 Å². The van der Waals surface area contributed by atoms with Crippen LogP contribution >= 0.6 is 0 Å². The maximum absolute atomic E-state index is 12.4. The van der Waals surface area contributed by atoms with E-state index in [1.165, 1.54) is 0 Å². The van der Waals surface area contributed by atoms with Crippen molar-refractivity contribution in [2.24, 2.45) is 0 Å². The van der Waals surface area contributed by atoms with Crippen molar-refractivity contribution < 1.29 is 4.79 Å². The Morgan fingerprint density at radius 2 is 2.29 bits per heavy atom. The van der Waals surface area contributed by atoms with Crippen LogP contribution in [-0.2, 0) is 4.79 Å². The Morgan fingerprint density at radius 3 is 3.05 bits per heavy atom. The first-order valence-electron chi connectivity index (χ1n) is 7.07. The number of likely N-dealkylation sites (N-methyl/N-ethyl adjacent to an activating group) is 1. The van der Waals surface area contributed by atoms with Crippen LogP contribution in [0.5, 0.6) is 0 Å². The molecule has 3 heterocycles. The maximum atomic E-state index is 12.4. The molecule has 1 atom stereocenters. The van der Waals surface area contributed by atoms with Gasteiger partial charge in [0.1, 0.15) is 11.6 Å². The quantitative estimate of drug-likeness (QED) is 0.836. The number of nitrogens with zero attached hydrogens (tertiary/aromatic N) is 5. The van der Waals surface area contributed by atoms with Gasteiger partial charge in [-0.05, 0) is 13.0 Å². The molecule has 1 N–H and O–H groups in total. The summed E-state index contributed by atoms with van der Waals surface area (Å²) in [6.45, 7) is 4.18. The Morgan fingerprint density at radius 1 is 1.48 bits per heavy atom. The molecular weight excluding hydrogens is 268 g/mol. The van der Waals surface area contributed by atoms with E-state index in [1.807, 2.05) is 23.7 Å². The number of aryl methyl sites for hydroxylation is 1. The van der Waals surface area contributed by atoms with Crippen LogP contribution in [0.2, 0.25) is 0 Å². The Balaban J connectivity index is 2.04. The molecule has 0 bridgehead atoms. The van der Waals surface area contributed by atoms with Crippen molar-refractivity contribution in [3.63, 3.8) is 0 Å². The lowest BCUT2D eigenvalue weighted by Gasteiger charge is -2.37. The number of amides is 1. The van der Waals surface area contributed by atoms with E-state index in [-0.39, 0.29) is 11.9 Å². The first kappa shape index (κ1) is 13.8. The topological polar surface area (TPSA) is 65.8 Å². The van der Waals surface area contributed by atoms with Gasteiger partial charge in [-0.1, -0.05) is 0 Å². The number of fused-ring (bicyclic) bond motifs is 1. The fourth-order valence-electron chi connectivity index (χ4n) is 2.73. The van der Waals surface area contributed by atoms with Gasteiger partial charge in [-0.2, -0.15) is 5.10 Å². The second-order valence-electron chi connectivity index (χ2n) is 5.51. The highest BCUT2D eigenvalue weighted by Crippen LogP contribution is 2.23. The van der Waals surface area contributed by atoms with Gasteiger partial charge in [0.05, 0.1) is 5.69 Å². The van der Waals surface area contributed by atoms with E-state index in [2.05, 4.69) is 20.3 Å². The molecular formula is C14H20N6O. The van der Waals surface area contributed by atoms with Gasteiger partial charge < -0.3 is 15.1 Å². The predicted molar refractivity (Wildman–Crippen MR) is 80.4 cm³/mol. The number of piperazine rings is 1. The number of nitrogens with one attached hydrogen (secondary N) is 1. The molecule has 112 valence electrons. The Hall–Kier alpha value is -2.15. The van der Waals surface area contributed by atoms with Crippen LogP contribution in [-0.4, -0.2) is 65.2 Å². The third-order valence-corrected chi connectivity index (χ3v) is 3.73. The molecule has 0 aliphatic carbocycles. The number of rotatable bonds is 2. The molecule has 1 fully saturated rings. The fourth-order valence-corrected chi connectivity index (χ4v) is 2.73. The van der Waals surface area contributed by atoms with Gasteiger partial charge in [-0.25, -0.2) is 9.50 Å². The standard InChI is InChI=1S/C14H20N6O/c1-10-8-11-13(16-5-7-20(11)17-10)19-6-4-15-9-12(19)14(21)18(2)3/h5,7-8,12,15H,4,6,9H2,1-3H3. The van der Waals surface area contributed by atoms with Gasteiger partial charge in [0, 0.05) is 46.1 Å². The van der Waals surface area contributed by atoms with Gasteiger partial charge >= 0.3 is 0 Å². The van der Waals surface area contributed by atoms with E-state index < -0.39 is 0 Å². The SMILES string of the molecule is Cc1cc2c(N3CCNCC3C(=O)N(C)C)nccn2n1. The minimum atomic E-state index is -0.234. The third-order valence-electron chi connectivity index (χ3n) is 3.73. The number of hydrogen-bond donors (Lipinski definition) is 1. The average molecular weight is 288 g/mol. The first-order chi connectivity index (χ1) is 10.1.